The lowest BCUT2D eigenvalue weighted by molar-refractivity contribution is -0.302. The van der Waals surface area contributed by atoms with Gasteiger partial charge in [-0.3, -0.25) is 4.79 Å². The van der Waals surface area contributed by atoms with Crippen LogP contribution in [0.25, 0.3) is 0 Å². The second-order valence-corrected chi connectivity index (χ2v) is 23.6. The number of amides is 1. The molecule has 1 fully saturated rings. The molecule has 0 radical (unpaired) electrons. The van der Waals surface area contributed by atoms with Gasteiger partial charge in [-0.15, -0.1) is 0 Å². The molecular formula is C73H129NO8. The number of allylic oxidation sites excluding steroid dienone is 15. The molecule has 7 unspecified atom stereocenters. The van der Waals surface area contributed by atoms with Crippen molar-refractivity contribution < 1.29 is 39.8 Å². The second-order valence-electron chi connectivity index (χ2n) is 23.6. The van der Waals surface area contributed by atoms with Crippen molar-refractivity contribution in [3.05, 3.63) is 97.2 Å². The summed E-state index contributed by atoms with van der Waals surface area (Å²) in [6.45, 7) is 3.69. The van der Waals surface area contributed by atoms with E-state index in [1.54, 1.807) is 6.08 Å². The van der Waals surface area contributed by atoms with Crippen LogP contribution in [0.15, 0.2) is 97.2 Å². The fourth-order valence-corrected chi connectivity index (χ4v) is 10.6. The monoisotopic (exact) mass is 1150 g/mol. The average Bonchev–Trinajstić information content (AvgIpc) is 3.57. The Balaban J connectivity index is 2.16. The normalized spacial score (nSPS) is 18.9. The van der Waals surface area contributed by atoms with Gasteiger partial charge in [0.05, 0.1) is 25.4 Å². The predicted octanol–water partition coefficient (Wildman–Crippen LogP) is 18.7. The Morgan fingerprint density at radius 1 is 0.427 bits per heavy atom. The molecule has 1 heterocycles. The quantitative estimate of drug-likeness (QED) is 0.0261. The average molecular weight is 1150 g/mol. The number of aliphatic hydroxyl groups is 5. The van der Waals surface area contributed by atoms with E-state index >= 15 is 0 Å². The van der Waals surface area contributed by atoms with E-state index in [4.69, 9.17) is 9.47 Å². The van der Waals surface area contributed by atoms with Gasteiger partial charge in [0, 0.05) is 6.42 Å². The first-order valence-corrected chi connectivity index (χ1v) is 34.5. The highest BCUT2D eigenvalue weighted by Crippen LogP contribution is 2.23. The molecule has 0 aromatic heterocycles. The van der Waals surface area contributed by atoms with Crippen LogP contribution in [0.1, 0.15) is 303 Å². The van der Waals surface area contributed by atoms with E-state index in [9.17, 15) is 30.3 Å². The highest BCUT2D eigenvalue weighted by atomic mass is 16.7. The zero-order valence-corrected chi connectivity index (χ0v) is 53.0. The van der Waals surface area contributed by atoms with Crippen molar-refractivity contribution >= 4 is 5.91 Å². The number of carbonyl (C=O) groups excluding carboxylic acids is 1. The fourth-order valence-electron chi connectivity index (χ4n) is 10.6. The molecule has 474 valence electrons. The van der Waals surface area contributed by atoms with Crippen molar-refractivity contribution in [2.75, 3.05) is 13.2 Å². The maximum atomic E-state index is 13.1. The fraction of sp³-hybridized carbons (Fsp3) is 0.767. The summed E-state index contributed by atoms with van der Waals surface area (Å²) in [6, 6.07) is -0.814. The number of ether oxygens (including phenoxy) is 2. The lowest BCUT2D eigenvalue weighted by Crippen LogP contribution is -2.60. The standard InChI is InChI=1S/C73H129NO8/c1-3-5-7-9-11-13-15-17-19-21-23-25-27-29-31-32-33-34-35-36-37-39-41-43-45-47-49-51-53-55-57-59-61-63-69(77)74-66(65-81-73-72(80)71(79)70(78)68(64-75)82-73)67(76)62-60-58-56-54-52-50-48-46-44-42-40-38-30-28-26-24-22-20-18-16-14-12-10-8-6-4-2/h5,7,11,13,17,19,23,25,29,31,33-34,36-37,60,62,66-68,70-73,75-76,78-80H,3-4,6,8-10,12,14-16,18,20-22,24,26-28,30,32,35,38-59,61,63-65H2,1-2H3,(H,74,77)/b7-5-,13-11-,19-17-,25-23-,31-29-,34-33-,37-36-,62-60+. The van der Waals surface area contributed by atoms with E-state index < -0.39 is 49.5 Å². The molecule has 9 heteroatoms. The zero-order valence-electron chi connectivity index (χ0n) is 53.0. The van der Waals surface area contributed by atoms with Gasteiger partial charge in [0.1, 0.15) is 24.4 Å². The number of nitrogens with one attached hydrogen (secondary N) is 1. The number of carbonyl (C=O) groups is 1. The van der Waals surface area contributed by atoms with Gasteiger partial charge in [-0.1, -0.05) is 317 Å². The molecule has 7 atom stereocenters. The van der Waals surface area contributed by atoms with Crippen molar-refractivity contribution in [2.24, 2.45) is 0 Å². The topological polar surface area (TPSA) is 149 Å². The molecule has 0 aliphatic carbocycles. The summed E-state index contributed by atoms with van der Waals surface area (Å²) in [5.41, 5.74) is 0. The van der Waals surface area contributed by atoms with Crippen LogP contribution in [0.4, 0.5) is 0 Å². The third kappa shape index (κ3) is 49.4. The third-order valence-corrected chi connectivity index (χ3v) is 15.9. The highest BCUT2D eigenvalue weighted by Gasteiger charge is 2.44. The van der Waals surface area contributed by atoms with Crippen LogP contribution >= 0.6 is 0 Å². The molecule has 0 saturated carbocycles. The third-order valence-electron chi connectivity index (χ3n) is 15.9. The largest absolute Gasteiger partial charge is 0.394 e. The molecule has 82 heavy (non-hydrogen) atoms. The van der Waals surface area contributed by atoms with Crippen LogP contribution in [0.2, 0.25) is 0 Å². The summed E-state index contributed by atoms with van der Waals surface area (Å²) in [4.78, 5) is 13.1. The van der Waals surface area contributed by atoms with Crippen LogP contribution in [0, 0.1) is 0 Å². The summed E-state index contributed by atoms with van der Waals surface area (Å²) in [6.07, 6.45) is 82.1. The minimum absolute atomic E-state index is 0.180. The maximum Gasteiger partial charge on any atom is 0.220 e. The Bertz CT molecular complexity index is 1620. The molecule has 0 aromatic rings. The lowest BCUT2D eigenvalue weighted by Gasteiger charge is -2.40. The smallest absolute Gasteiger partial charge is 0.220 e. The van der Waals surface area contributed by atoms with E-state index in [1.807, 2.05) is 6.08 Å². The lowest BCUT2D eigenvalue weighted by atomic mass is 9.99. The van der Waals surface area contributed by atoms with Gasteiger partial charge < -0.3 is 40.3 Å². The molecular weight excluding hydrogens is 1020 g/mol. The Morgan fingerprint density at radius 3 is 1.12 bits per heavy atom. The minimum atomic E-state index is -1.57. The van der Waals surface area contributed by atoms with E-state index in [0.717, 1.165) is 89.9 Å². The van der Waals surface area contributed by atoms with E-state index in [2.05, 4.69) is 104 Å². The molecule has 0 aromatic carbocycles. The Hall–Kier alpha value is -2.89. The molecule has 9 nitrogen and oxygen atoms in total. The van der Waals surface area contributed by atoms with Gasteiger partial charge in [0.15, 0.2) is 6.29 Å². The van der Waals surface area contributed by atoms with Crippen molar-refractivity contribution in [3.8, 4) is 0 Å². The molecule has 1 amide bonds. The SMILES string of the molecule is CC/C=C\C/C=C\C/C=C\C/C=C\C/C=C\C/C=C\C/C=C\CCCCCCCCCCCCCC(=O)NC(COC1OC(CO)C(O)C(O)C1O)C(O)/C=C/CCCCCCCCCCCCCCCCCCCCCCCCCC. The zero-order chi connectivity index (χ0) is 59.3. The first-order chi connectivity index (χ1) is 40.3. The van der Waals surface area contributed by atoms with Gasteiger partial charge in [-0.25, -0.2) is 0 Å². The molecule has 1 aliphatic heterocycles. The van der Waals surface area contributed by atoms with Crippen molar-refractivity contribution in [3.63, 3.8) is 0 Å². The van der Waals surface area contributed by atoms with Crippen molar-refractivity contribution in [1.82, 2.24) is 5.32 Å². The van der Waals surface area contributed by atoms with Gasteiger partial charge in [0.25, 0.3) is 0 Å². The van der Waals surface area contributed by atoms with Crippen LogP contribution in [-0.4, -0.2) is 87.5 Å². The number of unbranched alkanes of at least 4 members (excludes halogenated alkanes) is 35. The first-order valence-electron chi connectivity index (χ1n) is 34.5. The number of hydrogen-bond donors (Lipinski definition) is 6. The van der Waals surface area contributed by atoms with Crippen LogP contribution in [0.3, 0.4) is 0 Å². The van der Waals surface area contributed by atoms with Crippen molar-refractivity contribution in [1.29, 1.82) is 0 Å². The van der Waals surface area contributed by atoms with Crippen LogP contribution < -0.4 is 5.32 Å². The molecule has 0 spiro atoms. The molecule has 1 rings (SSSR count). The van der Waals surface area contributed by atoms with E-state index in [1.165, 1.54) is 193 Å². The van der Waals surface area contributed by atoms with Crippen LogP contribution in [-0.2, 0) is 14.3 Å². The summed E-state index contributed by atoms with van der Waals surface area (Å²) in [5.74, 6) is -0.180. The molecule has 1 saturated heterocycles. The van der Waals surface area contributed by atoms with Gasteiger partial charge >= 0.3 is 0 Å². The molecule has 1 aliphatic rings. The van der Waals surface area contributed by atoms with Crippen LogP contribution in [0.5, 0.6) is 0 Å². The molecule has 0 bridgehead atoms. The van der Waals surface area contributed by atoms with Gasteiger partial charge in [-0.2, -0.15) is 0 Å². The predicted molar refractivity (Wildman–Crippen MR) is 350 cm³/mol. The summed E-state index contributed by atoms with van der Waals surface area (Å²) in [7, 11) is 0. The highest BCUT2D eigenvalue weighted by molar-refractivity contribution is 5.76. The van der Waals surface area contributed by atoms with Crippen molar-refractivity contribution in [2.45, 2.75) is 346 Å². The first kappa shape index (κ1) is 77.1. The van der Waals surface area contributed by atoms with E-state index in [-0.39, 0.29) is 12.5 Å². The second kappa shape index (κ2) is 61.2. The number of hydrogen-bond acceptors (Lipinski definition) is 8. The van der Waals surface area contributed by atoms with E-state index in [0.29, 0.717) is 6.42 Å². The van der Waals surface area contributed by atoms with Gasteiger partial charge in [-0.05, 0) is 77.0 Å². The Kier molecular flexibility index (Phi) is 57.6. The Morgan fingerprint density at radius 2 is 0.756 bits per heavy atom. The summed E-state index contributed by atoms with van der Waals surface area (Å²) in [5, 5.41) is 54.8. The maximum absolute atomic E-state index is 13.1. The minimum Gasteiger partial charge on any atom is -0.394 e. The Labute approximate surface area is 504 Å². The number of aliphatic hydroxyl groups excluding tert-OH is 5. The summed E-state index contributed by atoms with van der Waals surface area (Å²) >= 11 is 0. The summed E-state index contributed by atoms with van der Waals surface area (Å²) < 4.78 is 11.3. The number of rotatable bonds is 59. The molecule has 6 N–H and O–H groups in total. The van der Waals surface area contributed by atoms with Gasteiger partial charge in [0.2, 0.25) is 5.91 Å².